The maximum absolute atomic E-state index is 8.95. The van der Waals surface area contributed by atoms with Crippen LogP contribution in [0.25, 0.3) is 0 Å². The summed E-state index contributed by atoms with van der Waals surface area (Å²) in [6, 6.07) is 3.59. The summed E-state index contributed by atoms with van der Waals surface area (Å²) < 4.78 is 15.9. The molecule has 1 rings (SSSR count). The number of methoxy groups -OCH3 is 3. The highest BCUT2D eigenvalue weighted by molar-refractivity contribution is 5.53. The first-order valence-electron chi connectivity index (χ1n) is 6.20. The fraction of sp³-hybridized carbons (Fsp3) is 0.571. The van der Waals surface area contributed by atoms with Crippen molar-refractivity contribution in [2.24, 2.45) is 5.73 Å². The lowest BCUT2D eigenvalue weighted by molar-refractivity contribution is 0.263. The second-order valence-corrected chi connectivity index (χ2v) is 4.65. The Morgan fingerprint density at radius 3 is 2.05 bits per heavy atom. The lowest BCUT2D eigenvalue weighted by Gasteiger charge is -2.28. The van der Waals surface area contributed by atoms with Gasteiger partial charge in [0.1, 0.15) is 5.75 Å². The Labute approximate surface area is 114 Å². The van der Waals surface area contributed by atoms with Crippen LogP contribution in [0.5, 0.6) is 17.2 Å². The molecule has 5 nitrogen and oxygen atoms in total. The van der Waals surface area contributed by atoms with Crippen molar-refractivity contribution in [3.63, 3.8) is 0 Å². The molecule has 0 aliphatic rings. The van der Waals surface area contributed by atoms with Gasteiger partial charge >= 0.3 is 0 Å². The van der Waals surface area contributed by atoms with Crippen LogP contribution in [-0.4, -0.2) is 33.0 Å². The molecule has 0 saturated carbocycles. The van der Waals surface area contributed by atoms with E-state index in [1.54, 1.807) is 27.4 Å². The maximum Gasteiger partial charge on any atom is 0.164 e. The molecule has 0 radical (unpaired) electrons. The summed E-state index contributed by atoms with van der Waals surface area (Å²) >= 11 is 0. The first-order chi connectivity index (χ1) is 9.00. The zero-order valence-corrected chi connectivity index (χ0v) is 12.0. The van der Waals surface area contributed by atoms with Crippen molar-refractivity contribution in [1.29, 1.82) is 0 Å². The quantitative estimate of drug-likeness (QED) is 0.787. The summed E-state index contributed by atoms with van der Waals surface area (Å²) in [5.41, 5.74) is 6.56. The van der Waals surface area contributed by atoms with Crippen molar-refractivity contribution in [2.75, 3.05) is 27.9 Å². The molecular formula is C14H23NO4. The van der Waals surface area contributed by atoms with Crippen LogP contribution in [0, 0.1) is 0 Å². The average Bonchev–Trinajstić information content (AvgIpc) is 2.43. The summed E-state index contributed by atoms with van der Waals surface area (Å²) in [5.74, 6) is 1.86. The molecule has 0 heterocycles. The molecule has 0 aliphatic carbocycles. The first kappa shape index (κ1) is 15.6. The second-order valence-electron chi connectivity index (χ2n) is 4.65. The standard InChI is InChI=1S/C14H23NO4/c1-14(15,6-5-7-16)10-8-12(18-3)13(19-4)9-11(10)17-2/h8-9,16H,5-7,15H2,1-4H3. The van der Waals surface area contributed by atoms with Gasteiger partial charge in [-0.1, -0.05) is 0 Å². The van der Waals surface area contributed by atoms with Crippen LogP contribution in [0.1, 0.15) is 25.3 Å². The number of nitrogens with two attached hydrogens (primary N) is 1. The minimum Gasteiger partial charge on any atom is -0.496 e. The summed E-state index contributed by atoms with van der Waals surface area (Å²) in [6.45, 7) is 2.02. The Balaban J connectivity index is 3.24. The Kier molecular flexibility index (Phi) is 5.44. The van der Waals surface area contributed by atoms with Crippen LogP contribution < -0.4 is 19.9 Å². The van der Waals surface area contributed by atoms with Gasteiger partial charge in [0.05, 0.1) is 21.3 Å². The number of hydrogen-bond acceptors (Lipinski definition) is 5. The smallest absolute Gasteiger partial charge is 0.164 e. The Morgan fingerprint density at radius 2 is 1.58 bits per heavy atom. The van der Waals surface area contributed by atoms with Crippen molar-refractivity contribution in [3.8, 4) is 17.2 Å². The first-order valence-corrected chi connectivity index (χ1v) is 6.20. The number of ether oxygens (including phenoxy) is 3. The molecule has 19 heavy (non-hydrogen) atoms. The minimum atomic E-state index is -0.604. The van der Waals surface area contributed by atoms with E-state index in [4.69, 9.17) is 25.1 Å². The number of aliphatic hydroxyl groups excluding tert-OH is 1. The van der Waals surface area contributed by atoms with Crippen LogP contribution in [0.15, 0.2) is 12.1 Å². The van der Waals surface area contributed by atoms with Gasteiger partial charge in [0.2, 0.25) is 0 Å². The third-order valence-electron chi connectivity index (χ3n) is 3.18. The van der Waals surface area contributed by atoms with Gasteiger partial charge in [-0.2, -0.15) is 0 Å². The third-order valence-corrected chi connectivity index (χ3v) is 3.18. The van der Waals surface area contributed by atoms with Gasteiger partial charge in [0, 0.05) is 23.8 Å². The molecule has 108 valence electrons. The largest absolute Gasteiger partial charge is 0.496 e. The van der Waals surface area contributed by atoms with Crippen molar-refractivity contribution < 1.29 is 19.3 Å². The van der Waals surface area contributed by atoms with Crippen molar-refractivity contribution in [1.82, 2.24) is 0 Å². The molecular weight excluding hydrogens is 246 g/mol. The van der Waals surface area contributed by atoms with Gasteiger partial charge in [-0.3, -0.25) is 0 Å². The molecule has 1 atom stereocenters. The lowest BCUT2D eigenvalue weighted by Crippen LogP contribution is -2.33. The van der Waals surface area contributed by atoms with Crippen LogP contribution in [0.3, 0.4) is 0 Å². The zero-order valence-electron chi connectivity index (χ0n) is 12.0. The van der Waals surface area contributed by atoms with E-state index >= 15 is 0 Å². The van der Waals surface area contributed by atoms with Crippen molar-refractivity contribution in [2.45, 2.75) is 25.3 Å². The van der Waals surface area contributed by atoms with Gasteiger partial charge in [0.15, 0.2) is 11.5 Å². The van der Waals surface area contributed by atoms with Gasteiger partial charge in [-0.15, -0.1) is 0 Å². The Bertz CT molecular complexity index is 418. The van der Waals surface area contributed by atoms with E-state index in [-0.39, 0.29) is 6.61 Å². The highest BCUT2D eigenvalue weighted by atomic mass is 16.5. The molecule has 0 aliphatic heterocycles. The van der Waals surface area contributed by atoms with Crippen molar-refractivity contribution in [3.05, 3.63) is 17.7 Å². The molecule has 3 N–H and O–H groups in total. The average molecular weight is 269 g/mol. The van der Waals surface area contributed by atoms with Crippen LogP contribution >= 0.6 is 0 Å². The summed E-state index contributed by atoms with van der Waals surface area (Å²) in [6.07, 6.45) is 1.28. The molecule has 1 aromatic rings. The molecule has 5 heteroatoms. The molecule has 0 aromatic heterocycles. The summed E-state index contributed by atoms with van der Waals surface area (Å²) in [5, 5.41) is 8.95. The van der Waals surface area contributed by atoms with E-state index in [0.717, 1.165) is 5.56 Å². The number of hydrogen-bond donors (Lipinski definition) is 2. The van der Waals surface area contributed by atoms with E-state index in [1.807, 2.05) is 13.0 Å². The van der Waals surface area contributed by atoms with Gasteiger partial charge < -0.3 is 25.1 Å². The SMILES string of the molecule is COc1cc(OC)c(C(C)(N)CCCO)cc1OC. The fourth-order valence-electron chi connectivity index (χ4n) is 2.06. The van der Waals surface area contributed by atoms with Crippen LogP contribution in [0.4, 0.5) is 0 Å². The summed E-state index contributed by atoms with van der Waals surface area (Å²) in [7, 11) is 4.74. The van der Waals surface area contributed by atoms with Gasteiger partial charge in [-0.05, 0) is 25.8 Å². The molecule has 1 aromatic carbocycles. The van der Waals surface area contributed by atoms with Crippen LogP contribution in [0.2, 0.25) is 0 Å². The van der Waals surface area contributed by atoms with Crippen LogP contribution in [-0.2, 0) is 5.54 Å². The number of aliphatic hydroxyl groups is 1. The molecule has 0 amide bonds. The van der Waals surface area contributed by atoms with Gasteiger partial charge in [0.25, 0.3) is 0 Å². The second kappa shape index (κ2) is 6.63. The Morgan fingerprint density at radius 1 is 1.05 bits per heavy atom. The minimum absolute atomic E-state index is 0.113. The van der Waals surface area contributed by atoms with Gasteiger partial charge in [-0.25, -0.2) is 0 Å². The van der Waals surface area contributed by atoms with E-state index in [0.29, 0.717) is 30.1 Å². The molecule has 0 spiro atoms. The maximum atomic E-state index is 8.95. The third kappa shape index (κ3) is 3.52. The van der Waals surface area contributed by atoms with E-state index < -0.39 is 5.54 Å². The van der Waals surface area contributed by atoms with E-state index in [2.05, 4.69) is 0 Å². The fourth-order valence-corrected chi connectivity index (χ4v) is 2.06. The van der Waals surface area contributed by atoms with E-state index in [9.17, 15) is 0 Å². The van der Waals surface area contributed by atoms with Crippen molar-refractivity contribution >= 4 is 0 Å². The normalized spacial score (nSPS) is 13.8. The predicted molar refractivity (Wildman–Crippen MR) is 74.0 cm³/mol. The topological polar surface area (TPSA) is 73.9 Å². The highest BCUT2D eigenvalue weighted by Crippen LogP contribution is 2.40. The molecule has 1 unspecified atom stereocenters. The molecule has 0 fully saturated rings. The lowest BCUT2D eigenvalue weighted by atomic mass is 9.87. The Hall–Kier alpha value is -1.46. The predicted octanol–water partition coefficient (Wildman–Crippen LogP) is 1.66. The molecule has 0 saturated heterocycles. The highest BCUT2D eigenvalue weighted by Gasteiger charge is 2.26. The summed E-state index contributed by atoms with van der Waals surface area (Å²) in [4.78, 5) is 0. The van der Waals surface area contributed by atoms with E-state index in [1.165, 1.54) is 0 Å². The zero-order chi connectivity index (χ0) is 14.5. The number of rotatable bonds is 7. The number of benzene rings is 1. The molecule has 0 bridgehead atoms. The monoisotopic (exact) mass is 269 g/mol.